The molecular weight excluding hydrogens is 378 g/mol. The zero-order chi connectivity index (χ0) is 17.7. The summed E-state index contributed by atoms with van der Waals surface area (Å²) in [5.41, 5.74) is 1.59. The minimum Gasteiger partial charge on any atom is -0.348 e. The number of aromatic nitrogens is 1. The van der Waals surface area contributed by atoms with Gasteiger partial charge in [0.2, 0.25) is 10.0 Å². The van der Waals surface area contributed by atoms with E-state index in [1.54, 1.807) is 29.5 Å². The topological polar surface area (TPSA) is 62.3 Å². The number of rotatable bonds is 7. The van der Waals surface area contributed by atoms with E-state index in [4.69, 9.17) is 11.6 Å². The third kappa shape index (κ3) is 5.28. The predicted octanol–water partition coefficient (Wildman–Crippen LogP) is 3.53. The van der Waals surface area contributed by atoms with Gasteiger partial charge in [-0.2, -0.15) is 0 Å². The smallest absolute Gasteiger partial charge is 0.233 e. The van der Waals surface area contributed by atoms with Gasteiger partial charge in [-0.25, -0.2) is 18.1 Å². The average Bonchev–Trinajstić information content (AvgIpc) is 3.25. The van der Waals surface area contributed by atoms with Crippen molar-refractivity contribution in [2.45, 2.75) is 19.3 Å². The molecular formula is C17H20ClN3O2S2. The molecule has 0 radical (unpaired) electrons. The number of halogens is 1. The molecule has 1 aromatic carbocycles. The number of sulfonamides is 1. The minimum absolute atomic E-state index is 0.318. The van der Waals surface area contributed by atoms with Gasteiger partial charge >= 0.3 is 0 Å². The molecule has 1 saturated heterocycles. The number of hydrogen-bond donors (Lipinski definition) is 1. The average molecular weight is 398 g/mol. The molecule has 1 aliphatic rings. The zero-order valence-electron chi connectivity index (χ0n) is 13.7. The molecule has 2 heterocycles. The zero-order valence-corrected chi connectivity index (χ0v) is 16.1. The Morgan fingerprint density at radius 3 is 2.80 bits per heavy atom. The first kappa shape index (κ1) is 18.4. The van der Waals surface area contributed by atoms with Crippen molar-refractivity contribution in [3.05, 3.63) is 51.3 Å². The van der Waals surface area contributed by atoms with E-state index in [1.807, 2.05) is 11.4 Å². The monoisotopic (exact) mass is 397 g/mol. The highest BCUT2D eigenvalue weighted by Gasteiger charge is 2.15. The molecule has 0 saturated carbocycles. The molecule has 2 aromatic rings. The Bertz CT molecular complexity index is 843. The lowest BCUT2D eigenvalue weighted by Gasteiger charge is -2.12. The first-order chi connectivity index (χ1) is 12.0. The Labute approximate surface area is 157 Å². The van der Waals surface area contributed by atoms with Crippen molar-refractivity contribution in [3.63, 3.8) is 0 Å². The number of benzene rings is 1. The van der Waals surface area contributed by atoms with Crippen molar-refractivity contribution < 1.29 is 8.42 Å². The quantitative estimate of drug-likeness (QED) is 0.776. The van der Waals surface area contributed by atoms with Crippen LogP contribution in [0.25, 0.3) is 6.08 Å². The van der Waals surface area contributed by atoms with Gasteiger partial charge in [0.15, 0.2) is 5.13 Å². The second-order valence-electron chi connectivity index (χ2n) is 5.83. The van der Waals surface area contributed by atoms with Crippen LogP contribution in [0.15, 0.2) is 35.1 Å². The van der Waals surface area contributed by atoms with Crippen LogP contribution in [-0.2, 0) is 16.4 Å². The molecule has 1 fully saturated rings. The van der Waals surface area contributed by atoms with Crippen LogP contribution in [0.4, 0.5) is 5.13 Å². The SMILES string of the molecule is O=S(=O)(/C=C/c1ccccc1Cl)NCCc1csc(N2CCCC2)n1. The molecule has 0 amide bonds. The third-order valence-electron chi connectivity index (χ3n) is 3.93. The molecule has 8 heteroatoms. The number of nitrogens with zero attached hydrogens (tertiary/aromatic N) is 2. The van der Waals surface area contributed by atoms with Crippen LogP contribution in [-0.4, -0.2) is 33.0 Å². The van der Waals surface area contributed by atoms with Crippen molar-refractivity contribution in [1.82, 2.24) is 9.71 Å². The molecule has 0 atom stereocenters. The summed E-state index contributed by atoms with van der Waals surface area (Å²) in [5.74, 6) is 0. The number of hydrogen-bond acceptors (Lipinski definition) is 5. The Kier molecular flexibility index (Phi) is 6.11. The van der Waals surface area contributed by atoms with Gasteiger partial charge in [-0.1, -0.05) is 29.8 Å². The van der Waals surface area contributed by atoms with Crippen LogP contribution >= 0.6 is 22.9 Å². The Morgan fingerprint density at radius 1 is 1.28 bits per heavy atom. The number of anilines is 1. The van der Waals surface area contributed by atoms with E-state index in [2.05, 4.69) is 14.6 Å². The Balaban J connectivity index is 1.51. The van der Waals surface area contributed by atoms with E-state index in [9.17, 15) is 8.42 Å². The lowest BCUT2D eigenvalue weighted by Crippen LogP contribution is -2.24. The first-order valence-electron chi connectivity index (χ1n) is 8.15. The Hall–Kier alpha value is -1.41. The second-order valence-corrected chi connectivity index (χ2v) is 8.72. The largest absolute Gasteiger partial charge is 0.348 e. The summed E-state index contributed by atoms with van der Waals surface area (Å²) in [6.45, 7) is 2.44. The lowest BCUT2D eigenvalue weighted by atomic mass is 10.2. The molecule has 3 rings (SSSR count). The molecule has 5 nitrogen and oxygen atoms in total. The van der Waals surface area contributed by atoms with Gasteiger partial charge in [0.25, 0.3) is 0 Å². The standard InChI is InChI=1S/C17H20ClN3O2S2/c18-16-6-2-1-5-14(16)8-12-25(22,23)19-9-7-15-13-24-17(20-15)21-10-3-4-11-21/h1-2,5-6,8,12-13,19H,3-4,7,9-11H2/b12-8+. The van der Waals surface area contributed by atoms with Crippen molar-refractivity contribution >= 4 is 44.2 Å². The number of nitrogens with one attached hydrogen (secondary N) is 1. The van der Waals surface area contributed by atoms with E-state index < -0.39 is 10.0 Å². The molecule has 1 aliphatic heterocycles. The predicted molar refractivity (Wildman–Crippen MR) is 105 cm³/mol. The van der Waals surface area contributed by atoms with Crippen molar-refractivity contribution in [2.24, 2.45) is 0 Å². The molecule has 1 N–H and O–H groups in total. The summed E-state index contributed by atoms with van der Waals surface area (Å²) in [7, 11) is -3.50. The fourth-order valence-corrected chi connectivity index (χ4v) is 4.53. The van der Waals surface area contributed by atoms with Crippen LogP contribution in [0.3, 0.4) is 0 Å². The van der Waals surface area contributed by atoms with Crippen molar-refractivity contribution in [2.75, 3.05) is 24.5 Å². The molecule has 0 aliphatic carbocycles. The number of thiazole rings is 1. The van der Waals surface area contributed by atoms with Crippen LogP contribution in [0.5, 0.6) is 0 Å². The lowest BCUT2D eigenvalue weighted by molar-refractivity contribution is 0.591. The molecule has 0 unspecified atom stereocenters. The minimum atomic E-state index is -3.50. The van der Waals surface area contributed by atoms with Gasteiger partial charge in [-0.05, 0) is 30.5 Å². The summed E-state index contributed by atoms with van der Waals surface area (Å²) >= 11 is 7.64. The molecule has 0 bridgehead atoms. The van der Waals surface area contributed by atoms with Crippen LogP contribution in [0.2, 0.25) is 5.02 Å². The summed E-state index contributed by atoms with van der Waals surface area (Å²) in [6.07, 6.45) is 4.50. The van der Waals surface area contributed by atoms with E-state index in [0.717, 1.165) is 29.3 Å². The highest BCUT2D eigenvalue weighted by atomic mass is 35.5. The van der Waals surface area contributed by atoms with Crippen LogP contribution < -0.4 is 9.62 Å². The summed E-state index contributed by atoms with van der Waals surface area (Å²) in [6, 6.07) is 7.10. The maximum Gasteiger partial charge on any atom is 0.233 e. The van der Waals surface area contributed by atoms with Gasteiger partial charge in [0, 0.05) is 41.9 Å². The normalized spacial score (nSPS) is 15.3. The van der Waals surface area contributed by atoms with Crippen molar-refractivity contribution in [1.29, 1.82) is 0 Å². The maximum absolute atomic E-state index is 12.1. The van der Waals surface area contributed by atoms with E-state index in [0.29, 0.717) is 23.6 Å². The van der Waals surface area contributed by atoms with Gasteiger partial charge < -0.3 is 4.90 Å². The Morgan fingerprint density at radius 2 is 2.04 bits per heavy atom. The van der Waals surface area contributed by atoms with Gasteiger partial charge in [0.1, 0.15) is 0 Å². The van der Waals surface area contributed by atoms with E-state index in [1.165, 1.54) is 18.9 Å². The van der Waals surface area contributed by atoms with Gasteiger partial charge in [-0.3, -0.25) is 0 Å². The summed E-state index contributed by atoms with van der Waals surface area (Å²) < 4.78 is 26.7. The van der Waals surface area contributed by atoms with Gasteiger partial charge in [-0.15, -0.1) is 11.3 Å². The summed E-state index contributed by atoms with van der Waals surface area (Å²) in [5, 5.41) is 4.70. The third-order valence-corrected chi connectivity index (χ3v) is 6.33. The fourth-order valence-electron chi connectivity index (χ4n) is 2.61. The van der Waals surface area contributed by atoms with Crippen LogP contribution in [0, 0.1) is 0 Å². The molecule has 25 heavy (non-hydrogen) atoms. The second kappa shape index (κ2) is 8.31. The fraction of sp³-hybridized carbons (Fsp3) is 0.353. The summed E-state index contributed by atoms with van der Waals surface area (Å²) in [4.78, 5) is 6.87. The molecule has 0 spiro atoms. The van der Waals surface area contributed by atoms with Crippen LogP contribution in [0.1, 0.15) is 24.1 Å². The van der Waals surface area contributed by atoms with E-state index in [-0.39, 0.29) is 0 Å². The van der Waals surface area contributed by atoms with Gasteiger partial charge in [0.05, 0.1) is 5.69 Å². The van der Waals surface area contributed by atoms with E-state index >= 15 is 0 Å². The molecule has 134 valence electrons. The highest BCUT2D eigenvalue weighted by molar-refractivity contribution is 7.92. The highest BCUT2D eigenvalue weighted by Crippen LogP contribution is 2.24. The molecule has 1 aromatic heterocycles. The first-order valence-corrected chi connectivity index (χ1v) is 11.0. The maximum atomic E-state index is 12.1. The van der Waals surface area contributed by atoms with Crippen molar-refractivity contribution in [3.8, 4) is 0 Å².